The molecule has 1 N–H and O–H groups in total. The number of hydrogen-bond acceptors (Lipinski definition) is 3. The molecule has 0 aromatic heterocycles. The van der Waals surface area contributed by atoms with Gasteiger partial charge < -0.3 is 13.2 Å². The van der Waals surface area contributed by atoms with E-state index in [0.717, 1.165) is 0 Å². The summed E-state index contributed by atoms with van der Waals surface area (Å²) >= 11 is 0. The van der Waals surface area contributed by atoms with E-state index in [-0.39, 0.29) is 17.7 Å². The predicted octanol–water partition coefficient (Wildman–Crippen LogP) is 0.451. The number of rotatable bonds is 3. The lowest BCUT2D eigenvalue weighted by molar-refractivity contribution is -0.385. The van der Waals surface area contributed by atoms with Crippen molar-refractivity contribution < 1.29 is 9.72 Å². The van der Waals surface area contributed by atoms with Crippen molar-refractivity contribution in [1.29, 1.82) is 0 Å². The lowest BCUT2D eigenvalue weighted by Gasteiger charge is -2.07. The molecule has 0 spiro atoms. The molecule has 14 heavy (non-hydrogen) atoms. The van der Waals surface area contributed by atoms with E-state index < -0.39 is 10.8 Å². The van der Waals surface area contributed by atoms with Gasteiger partial charge in [0.15, 0.2) is 0 Å². The van der Waals surface area contributed by atoms with Crippen LogP contribution >= 0.6 is 0 Å². The van der Waals surface area contributed by atoms with Gasteiger partial charge in [-0.1, -0.05) is 12.1 Å². The maximum Gasteiger partial charge on any atom is 0.282 e. The summed E-state index contributed by atoms with van der Waals surface area (Å²) in [5.74, 6) is -0.542. The van der Waals surface area contributed by atoms with Crippen LogP contribution in [0.25, 0.3) is 0 Å². The molecule has 5 nitrogen and oxygen atoms in total. The van der Waals surface area contributed by atoms with E-state index in [0.29, 0.717) is 0 Å². The Labute approximate surface area is 81.7 Å². The molecule has 0 fully saturated rings. The van der Waals surface area contributed by atoms with Gasteiger partial charge in [0.2, 0.25) is 0 Å². The molecule has 1 rings (SSSR count). The number of para-hydroxylation sites is 1. The van der Waals surface area contributed by atoms with Gasteiger partial charge >= 0.3 is 0 Å². The molecule has 6 heteroatoms. The monoisotopic (exact) mass is 190 g/mol. The van der Waals surface area contributed by atoms with E-state index in [1.54, 1.807) is 6.07 Å². The van der Waals surface area contributed by atoms with Crippen LogP contribution in [0.5, 0.6) is 0 Å². The molecule has 0 saturated carbocycles. The third kappa shape index (κ3) is 2.10. The summed E-state index contributed by atoms with van der Waals surface area (Å²) < 4.78 is 0. The van der Waals surface area contributed by atoms with Crippen LogP contribution < -0.4 is 5.32 Å². The predicted molar refractivity (Wildman–Crippen MR) is 51.2 cm³/mol. The van der Waals surface area contributed by atoms with Crippen molar-refractivity contribution >= 4 is 19.4 Å². The molecule has 0 aliphatic rings. The molecule has 0 unspecified atom stereocenters. The number of amides is 1. The molecule has 0 aliphatic heterocycles. The molecule has 1 amide bonds. The average Bonchev–Trinajstić information content (AvgIpc) is 2.18. The minimum Gasteiger partial charge on any atom is -0.598 e. The summed E-state index contributed by atoms with van der Waals surface area (Å²) in [5, 5.41) is 12.8. The van der Waals surface area contributed by atoms with E-state index in [9.17, 15) is 14.9 Å². The number of carbonyl (C=O) groups is 1. The van der Waals surface area contributed by atoms with Gasteiger partial charge in [0.25, 0.3) is 11.6 Å². The molecule has 0 aliphatic carbocycles. The summed E-state index contributed by atoms with van der Waals surface area (Å²) in [6.07, 6.45) is -0.0507. The van der Waals surface area contributed by atoms with Gasteiger partial charge in [0, 0.05) is 6.07 Å². The number of nitrogens with one attached hydrogen (secondary N) is 1. The fraction of sp³-hybridized carbons (Fsp3) is 0.125. The zero-order valence-electron chi connectivity index (χ0n) is 7.27. The number of nitrogens with zero attached hydrogens (tertiary/aromatic N) is 1. The highest BCUT2D eigenvalue weighted by Gasteiger charge is 2.17. The Morgan fingerprint density at radius 2 is 2.14 bits per heavy atom. The van der Waals surface area contributed by atoms with Crippen LogP contribution in [-0.2, 0) is 0 Å². The quantitative estimate of drug-likeness (QED) is 0.427. The second-order valence-corrected chi connectivity index (χ2v) is 2.48. The van der Waals surface area contributed by atoms with E-state index >= 15 is 0 Å². The van der Waals surface area contributed by atoms with Gasteiger partial charge in [-0.3, -0.25) is 14.9 Å². The lowest BCUT2D eigenvalue weighted by Crippen LogP contribution is -2.25. The zero-order chi connectivity index (χ0) is 10.6. The van der Waals surface area contributed by atoms with Crippen LogP contribution in [0.15, 0.2) is 24.3 Å². The van der Waals surface area contributed by atoms with E-state index in [1.807, 2.05) is 0 Å². The average molecular weight is 190 g/mol. The van der Waals surface area contributed by atoms with Crippen LogP contribution in [0.3, 0.4) is 0 Å². The van der Waals surface area contributed by atoms with Crippen LogP contribution in [-0.4, -0.2) is 25.1 Å². The van der Waals surface area contributed by atoms with Crippen molar-refractivity contribution in [3.8, 4) is 0 Å². The SMILES string of the molecule is [B-]CNC(=O)c1ccccc1[N+](=O)[O-]. The maximum absolute atomic E-state index is 11.3. The van der Waals surface area contributed by atoms with E-state index in [1.165, 1.54) is 18.2 Å². The number of carbonyl (C=O) groups excluding carboxylic acids is 1. The van der Waals surface area contributed by atoms with E-state index in [2.05, 4.69) is 5.32 Å². The second kappa shape index (κ2) is 4.41. The van der Waals surface area contributed by atoms with Crippen LogP contribution in [0.4, 0.5) is 5.69 Å². The first kappa shape index (κ1) is 10.2. The number of benzene rings is 1. The molecule has 71 valence electrons. The standard InChI is InChI=1S/C8H7BN2O3/c9-5-10-8(12)6-3-1-2-4-7(6)11(13)14/h1-4H,5H2,(H,10,12)/q-1. The first-order valence-electron chi connectivity index (χ1n) is 3.88. The Hall–Kier alpha value is -1.85. The molecule has 0 atom stereocenters. The van der Waals surface area contributed by atoms with Gasteiger partial charge in [-0.25, -0.2) is 6.44 Å². The summed E-state index contributed by atoms with van der Waals surface area (Å²) in [5.41, 5.74) is -0.207. The number of hydrogen-bond donors (Lipinski definition) is 1. The molecule has 0 saturated heterocycles. The van der Waals surface area contributed by atoms with Crippen LogP contribution in [0, 0.1) is 10.1 Å². The fourth-order valence-electron chi connectivity index (χ4n) is 1.01. The van der Waals surface area contributed by atoms with Crippen molar-refractivity contribution in [1.82, 2.24) is 5.32 Å². The highest BCUT2D eigenvalue weighted by atomic mass is 16.6. The molecule has 0 heterocycles. The molecular weight excluding hydrogens is 183 g/mol. The number of nitro benzene ring substituents is 1. The third-order valence-corrected chi connectivity index (χ3v) is 1.61. The Morgan fingerprint density at radius 1 is 1.50 bits per heavy atom. The topological polar surface area (TPSA) is 72.2 Å². The highest BCUT2D eigenvalue weighted by Crippen LogP contribution is 2.16. The Morgan fingerprint density at radius 3 is 2.71 bits per heavy atom. The normalized spacial score (nSPS) is 9.50. The molecule has 1 aromatic rings. The minimum atomic E-state index is -0.606. The summed E-state index contributed by atoms with van der Waals surface area (Å²) in [6.45, 7) is 0. The van der Waals surface area contributed by atoms with Crippen LogP contribution in [0.1, 0.15) is 10.4 Å². The Balaban J connectivity index is 3.07. The second-order valence-electron chi connectivity index (χ2n) is 2.48. The minimum absolute atomic E-state index is 0.0166. The number of nitro groups is 1. The van der Waals surface area contributed by atoms with Gasteiger partial charge in [0.05, 0.1) is 4.92 Å². The van der Waals surface area contributed by atoms with Crippen molar-refractivity contribution in [2.75, 3.05) is 6.44 Å². The van der Waals surface area contributed by atoms with E-state index in [4.69, 9.17) is 7.85 Å². The van der Waals surface area contributed by atoms with Crippen molar-refractivity contribution in [2.45, 2.75) is 0 Å². The molecule has 3 radical (unpaired) electrons. The lowest BCUT2D eigenvalue weighted by atomic mass is 10.1. The van der Waals surface area contributed by atoms with Gasteiger partial charge in [-0.2, -0.15) is 0 Å². The third-order valence-electron chi connectivity index (χ3n) is 1.61. The smallest absolute Gasteiger partial charge is 0.282 e. The van der Waals surface area contributed by atoms with Gasteiger partial charge in [-0.05, 0) is 6.07 Å². The first-order chi connectivity index (χ1) is 6.66. The van der Waals surface area contributed by atoms with Crippen molar-refractivity contribution in [3.05, 3.63) is 39.9 Å². The molecule has 1 aromatic carbocycles. The zero-order valence-corrected chi connectivity index (χ0v) is 7.27. The van der Waals surface area contributed by atoms with Crippen molar-refractivity contribution in [3.63, 3.8) is 0 Å². The fourth-order valence-corrected chi connectivity index (χ4v) is 1.01. The highest BCUT2D eigenvalue weighted by molar-refractivity contribution is 6.11. The van der Waals surface area contributed by atoms with Crippen LogP contribution in [0.2, 0.25) is 0 Å². The summed E-state index contributed by atoms with van der Waals surface area (Å²) in [7, 11) is 5.09. The Kier molecular flexibility index (Phi) is 3.22. The first-order valence-corrected chi connectivity index (χ1v) is 3.88. The van der Waals surface area contributed by atoms with Gasteiger partial charge in [0.1, 0.15) is 5.56 Å². The van der Waals surface area contributed by atoms with Crippen molar-refractivity contribution in [2.24, 2.45) is 0 Å². The Bertz CT molecular complexity index is 367. The van der Waals surface area contributed by atoms with Gasteiger partial charge in [-0.15, -0.1) is 0 Å². The maximum atomic E-state index is 11.3. The molecule has 0 bridgehead atoms. The molecular formula is C8H7BN2O3-. The summed E-state index contributed by atoms with van der Waals surface area (Å²) in [6, 6.07) is 5.70. The largest absolute Gasteiger partial charge is 0.598 e. The summed E-state index contributed by atoms with van der Waals surface area (Å²) in [4.78, 5) is 21.2.